The van der Waals surface area contributed by atoms with Gasteiger partial charge in [-0.1, -0.05) is 0 Å². The van der Waals surface area contributed by atoms with Gasteiger partial charge in [0.15, 0.2) is 18.3 Å². The molecule has 1 saturated heterocycles. The molecule has 1 amide bonds. The highest BCUT2D eigenvalue weighted by molar-refractivity contribution is 5.77. The zero-order chi connectivity index (χ0) is 18.1. The minimum atomic E-state index is -0.331. The van der Waals surface area contributed by atoms with E-state index in [-0.39, 0.29) is 18.3 Å². The third-order valence-electron chi connectivity index (χ3n) is 5.13. The van der Waals surface area contributed by atoms with E-state index in [9.17, 15) is 9.18 Å². The van der Waals surface area contributed by atoms with Crippen molar-refractivity contribution in [3.05, 3.63) is 41.7 Å². The van der Waals surface area contributed by atoms with Crippen LogP contribution in [0.2, 0.25) is 0 Å². The number of carbonyl (C=O) groups is 1. The maximum Gasteiger partial charge on any atom is 0.260 e. The van der Waals surface area contributed by atoms with E-state index in [1.165, 1.54) is 30.7 Å². The molecule has 0 spiro atoms. The molecule has 2 aliphatic heterocycles. The zero-order valence-electron chi connectivity index (χ0n) is 14.8. The number of hydrogen-bond donors (Lipinski definition) is 0. The minimum absolute atomic E-state index is 0.0714. The van der Waals surface area contributed by atoms with Crippen molar-refractivity contribution in [2.45, 2.75) is 32.0 Å². The summed E-state index contributed by atoms with van der Waals surface area (Å²) in [7, 11) is 2.12. The SMILES string of the molecule is CN1CCCC1c1nnc2n1CCN(C(=O)COc1ccc(F)cc1)C2. The van der Waals surface area contributed by atoms with Gasteiger partial charge in [0.05, 0.1) is 12.6 Å². The molecular formula is C18H22FN5O2. The fourth-order valence-electron chi connectivity index (χ4n) is 3.64. The number of halogens is 1. The lowest BCUT2D eigenvalue weighted by atomic mass is 10.2. The highest BCUT2D eigenvalue weighted by Gasteiger charge is 2.31. The Balaban J connectivity index is 1.38. The number of fused-ring (bicyclic) bond motifs is 1. The molecule has 3 heterocycles. The lowest BCUT2D eigenvalue weighted by molar-refractivity contribution is -0.134. The molecule has 0 aliphatic carbocycles. The van der Waals surface area contributed by atoms with Crippen molar-refractivity contribution in [3.63, 3.8) is 0 Å². The lowest BCUT2D eigenvalue weighted by Crippen LogP contribution is -2.41. The molecule has 8 heteroatoms. The van der Waals surface area contributed by atoms with Crippen molar-refractivity contribution in [2.75, 3.05) is 26.7 Å². The number of ether oxygens (including phenoxy) is 1. The molecule has 1 aromatic carbocycles. The number of hydrogen-bond acceptors (Lipinski definition) is 5. The maximum absolute atomic E-state index is 12.9. The van der Waals surface area contributed by atoms with Crippen LogP contribution in [0.5, 0.6) is 5.75 Å². The average Bonchev–Trinajstić information content (AvgIpc) is 3.26. The van der Waals surface area contributed by atoms with Gasteiger partial charge in [0.25, 0.3) is 5.91 Å². The van der Waals surface area contributed by atoms with Crippen molar-refractivity contribution < 1.29 is 13.9 Å². The number of benzene rings is 1. The number of rotatable bonds is 4. The smallest absolute Gasteiger partial charge is 0.260 e. The van der Waals surface area contributed by atoms with E-state index < -0.39 is 0 Å². The predicted octanol–water partition coefficient (Wildman–Crippen LogP) is 1.61. The molecule has 0 N–H and O–H groups in total. The van der Waals surface area contributed by atoms with E-state index in [0.29, 0.717) is 31.4 Å². The molecule has 4 rings (SSSR count). The van der Waals surface area contributed by atoms with Crippen molar-refractivity contribution >= 4 is 5.91 Å². The molecule has 0 bridgehead atoms. The molecule has 7 nitrogen and oxygen atoms in total. The Morgan fingerprint density at radius 3 is 2.77 bits per heavy atom. The van der Waals surface area contributed by atoms with Gasteiger partial charge < -0.3 is 14.2 Å². The Bertz CT molecular complexity index is 791. The van der Waals surface area contributed by atoms with Crippen molar-refractivity contribution in [1.29, 1.82) is 0 Å². The Labute approximate surface area is 151 Å². The van der Waals surface area contributed by atoms with Crippen LogP contribution in [-0.2, 0) is 17.9 Å². The van der Waals surface area contributed by atoms with Crippen LogP contribution in [0.15, 0.2) is 24.3 Å². The van der Waals surface area contributed by atoms with Gasteiger partial charge in [-0.25, -0.2) is 4.39 Å². The topological polar surface area (TPSA) is 63.5 Å². The normalized spacial score (nSPS) is 20.2. The fraction of sp³-hybridized carbons (Fsp3) is 0.500. The van der Waals surface area contributed by atoms with Crippen LogP contribution in [0, 0.1) is 5.82 Å². The first-order valence-electron chi connectivity index (χ1n) is 8.90. The molecule has 138 valence electrons. The summed E-state index contributed by atoms with van der Waals surface area (Å²) >= 11 is 0. The van der Waals surface area contributed by atoms with Gasteiger partial charge in [-0.3, -0.25) is 9.69 Å². The summed E-state index contributed by atoms with van der Waals surface area (Å²) in [5.74, 6) is 1.87. The van der Waals surface area contributed by atoms with Crippen LogP contribution in [0.1, 0.15) is 30.5 Å². The van der Waals surface area contributed by atoms with Crippen molar-refractivity contribution in [3.8, 4) is 5.75 Å². The number of nitrogens with zero attached hydrogens (tertiary/aromatic N) is 5. The van der Waals surface area contributed by atoms with Crippen LogP contribution in [0.25, 0.3) is 0 Å². The molecule has 2 aliphatic rings. The van der Waals surface area contributed by atoms with E-state index in [4.69, 9.17) is 4.74 Å². The summed E-state index contributed by atoms with van der Waals surface area (Å²) in [6.45, 7) is 2.76. The highest BCUT2D eigenvalue weighted by Crippen LogP contribution is 2.30. The lowest BCUT2D eigenvalue weighted by Gasteiger charge is -2.29. The van der Waals surface area contributed by atoms with Gasteiger partial charge >= 0.3 is 0 Å². The molecule has 26 heavy (non-hydrogen) atoms. The second-order valence-electron chi connectivity index (χ2n) is 6.82. The molecular weight excluding hydrogens is 337 g/mol. The summed E-state index contributed by atoms with van der Waals surface area (Å²) in [4.78, 5) is 16.5. The van der Waals surface area contributed by atoms with E-state index in [1.54, 1.807) is 4.90 Å². The summed E-state index contributed by atoms with van der Waals surface area (Å²) in [5, 5.41) is 8.70. The number of likely N-dealkylation sites (tertiary alicyclic amines) is 1. The molecule has 1 aromatic heterocycles. The quantitative estimate of drug-likeness (QED) is 0.830. The van der Waals surface area contributed by atoms with Gasteiger partial charge in [-0.15, -0.1) is 10.2 Å². The molecule has 0 saturated carbocycles. The Morgan fingerprint density at radius 2 is 2.04 bits per heavy atom. The Kier molecular flexibility index (Phi) is 4.58. The first kappa shape index (κ1) is 17.0. The Morgan fingerprint density at radius 1 is 1.23 bits per heavy atom. The number of carbonyl (C=O) groups excluding carboxylic acids is 1. The largest absolute Gasteiger partial charge is 0.484 e. The standard InChI is InChI=1S/C18H22FN5O2/c1-22-8-2-3-15(22)18-21-20-16-11-23(9-10-24(16)18)17(25)12-26-14-6-4-13(19)5-7-14/h4-7,15H,2-3,8-12H2,1H3. The van der Waals surface area contributed by atoms with E-state index in [2.05, 4.69) is 26.7 Å². The number of aromatic nitrogens is 3. The van der Waals surface area contributed by atoms with Gasteiger partial charge in [0.2, 0.25) is 0 Å². The summed E-state index contributed by atoms with van der Waals surface area (Å²) in [6, 6.07) is 5.97. The summed E-state index contributed by atoms with van der Waals surface area (Å²) in [6.07, 6.45) is 2.28. The molecule has 0 radical (unpaired) electrons. The summed E-state index contributed by atoms with van der Waals surface area (Å²) < 4.78 is 20.5. The van der Waals surface area contributed by atoms with Crippen LogP contribution < -0.4 is 4.74 Å². The van der Waals surface area contributed by atoms with Crippen molar-refractivity contribution in [2.24, 2.45) is 0 Å². The third-order valence-corrected chi connectivity index (χ3v) is 5.13. The van der Waals surface area contributed by atoms with E-state index >= 15 is 0 Å². The van der Waals surface area contributed by atoms with Gasteiger partial charge in [-0.05, 0) is 50.7 Å². The second kappa shape index (κ2) is 7.03. The third kappa shape index (κ3) is 3.29. The van der Waals surface area contributed by atoms with Crippen LogP contribution in [0.4, 0.5) is 4.39 Å². The van der Waals surface area contributed by atoms with E-state index in [0.717, 1.165) is 24.6 Å². The molecule has 1 fully saturated rings. The Hall–Kier alpha value is -2.48. The minimum Gasteiger partial charge on any atom is -0.484 e. The first-order chi connectivity index (χ1) is 12.6. The van der Waals surface area contributed by atoms with E-state index in [1.807, 2.05) is 0 Å². The molecule has 1 unspecified atom stereocenters. The van der Waals surface area contributed by atoms with Gasteiger partial charge in [0, 0.05) is 13.1 Å². The molecule has 1 atom stereocenters. The highest BCUT2D eigenvalue weighted by atomic mass is 19.1. The maximum atomic E-state index is 12.9. The fourth-order valence-corrected chi connectivity index (χ4v) is 3.64. The van der Waals surface area contributed by atoms with Gasteiger partial charge in [0.1, 0.15) is 11.6 Å². The second-order valence-corrected chi connectivity index (χ2v) is 6.82. The zero-order valence-corrected chi connectivity index (χ0v) is 14.8. The monoisotopic (exact) mass is 359 g/mol. The van der Waals surface area contributed by atoms with Crippen LogP contribution in [-0.4, -0.2) is 57.2 Å². The molecule has 2 aromatic rings. The average molecular weight is 359 g/mol. The van der Waals surface area contributed by atoms with Crippen LogP contribution in [0.3, 0.4) is 0 Å². The summed E-state index contributed by atoms with van der Waals surface area (Å²) in [5.41, 5.74) is 0. The van der Waals surface area contributed by atoms with Gasteiger partial charge in [-0.2, -0.15) is 0 Å². The van der Waals surface area contributed by atoms with Crippen LogP contribution >= 0.6 is 0 Å². The first-order valence-corrected chi connectivity index (χ1v) is 8.90. The number of amides is 1. The van der Waals surface area contributed by atoms with Crippen molar-refractivity contribution in [1.82, 2.24) is 24.6 Å². The predicted molar refractivity (Wildman–Crippen MR) is 91.9 cm³/mol.